The molecule has 4 nitrogen and oxygen atoms in total. The van der Waals surface area contributed by atoms with Crippen molar-refractivity contribution >= 4 is 22.1 Å². The van der Waals surface area contributed by atoms with Crippen LogP contribution in [0.1, 0.15) is 51.9 Å². The summed E-state index contributed by atoms with van der Waals surface area (Å²) in [4.78, 5) is 6.90. The van der Waals surface area contributed by atoms with Gasteiger partial charge in [0.15, 0.2) is 6.29 Å². The maximum Gasteiger partial charge on any atom is 0.157 e. The Morgan fingerprint density at radius 2 is 2.05 bits per heavy atom. The molecule has 2 heterocycles. The largest absolute Gasteiger partial charge is 0.353 e. The van der Waals surface area contributed by atoms with Crippen molar-refractivity contribution in [2.45, 2.75) is 76.5 Å². The highest BCUT2D eigenvalue weighted by Gasteiger charge is 2.30. The van der Waals surface area contributed by atoms with Crippen molar-refractivity contribution in [1.29, 1.82) is 0 Å². The monoisotopic (exact) mass is 356 g/mol. The SMILES string of the molecule is CC1N=CC(Br)=CN1C1CCC(OC2CCCCO2)CC1. The molecule has 2 atom stereocenters. The lowest BCUT2D eigenvalue weighted by Gasteiger charge is -2.40. The molecular formula is C16H25BrN2O2. The molecule has 0 N–H and O–H groups in total. The fourth-order valence-corrected chi connectivity index (χ4v) is 3.82. The number of rotatable bonds is 3. The third kappa shape index (κ3) is 4.08. The van der Waals surface area contributed by atoms with Gasteiger partial charge in [0.1, 0.15) is 6.17 Å². The maximum atomic E-state index is 6.12. The zero-order valence-corrected chi connectivity index (χ0v) is 14.3. The predicted octanol–water partition coefficient (Wildman–Crippen LogP) is 3.81. The van der Waals surface area contributed by atoms with E-state index in [-0.39, 0.29) is 12.5 Å². The van der Waals surface area contributed by atoms with Crippen molar-refractivity contribution in [1.82, 2.24) is 4.90 Å². The van der Waals surface area contributed by atoms with Crippen LogP contribution >= 0.6 is 15.9 Å². The number of aliphatic imine (C=N–C) groups is 1. The second-order valence-electron chi connectivity index (χ2n) is 6.23. The lowest BCUT2D eigenvalue weighted by atomic mass is 9.91. The van der Waals surface area contributed by atoms with Crippen LogP contribution in [0.15, 0.2) is 15.7 Å². The molecule has 2 aliphatic heterocycles. The van der Waals surface area contributed by atoms with Gasteiger partial charge in [0.2, 0.25) is 0 Å². The number of nitrogens with zero attached hydrogens (tertiary/aromatic N) is 2. The highest BCUT2D eigenvalue weighted by atomic mass is 79.9. The van der Waals surface area contributed by atoms with Crippen molar-refractivity contribution in [3.8, 4) is 0 Å². The first-order valence-corrected chi connectivity index (χ1v) is 8.96. The minimum Gasteiger partial charge on any atom is -0.353 e. The van der Waals surface area contributed by atoms with E-state index < -0.39 is 0 Å². The van der Waals surface area contributed by atoms with Crippen LogP contribution in [0.3, 0.4) is 0 Å². The Morgan fingerprint density at radius 3 is 2.76 bits per heavy atom. The van der Waals surface area contributed by atoms with E-state index in [1.807, 2.05) is 6.21 Å². The van der Waals surface area contributed by atoms with Crippen LogP contribution in [0.25, 0.3) is 0 Å². The molecular weight excluding hydrogens is 332 g/mol. The lowest BCUT2D eigenvalue weighted by Crippen LogP contribution is -2.42. The van der Waals surface area contributed by atoms with E-state index in [4.69, 9.17) is 9.47 Å². The third-order valence-electron chi connectivity index (χ3n) is 4.66. The van der Waals surface area contributed by atoms with Crippen LogP contribution in [0, 0.1) is 0 Å². The third-order valence-corrected chi connectivity index (χ3v) is 5.07. The molecule has 3 rings (SSSR count). The highest BCUT2D eigenvalue weighted by Crippen LogP contribution is 2.30. The number of hydrogen-bond acceptors (Lipinski definition) is 4. The molecule has 0 aromatic rings. The van der Waals surface area contributed by atoms with Crippen LogP contribution in [-0.4, -0.2) is 42.3 Å². The second-order valence-corrected chi connectivity index (χ2v) is 7.15. The van der Waals surface area contributed by atoms with E-state index in [0.717, 1.165) is 30.4 Å². The molecule has 1 aliphatic carbocycles. The summed E-state index contributed by atoms with van der Waals surface area (Å²) in [5.74, 6) is 0. The Labute approximate surface area is 135 Å². The predicted molar refractivity (Wildman–Crippen MR) is 87.5 cm³/mol. The van der Waals surface area contributed by atoms with Crippen molar-refractivity contribution in [3.63, 3.8) is 0 Å². The molecule has 0 amide bonds. The molecule has 0 aromatic heterocycles. The number of halogens is 1. The summed E-state index contributed by atoms with van der Waals surface area (Å²) in [5, 5.41) is 0. The molecule has 5 heteroatoms. The lowest BCUT2D eigenvalue weighted by molar-refractivity contribution is -0.194. The topological polar surface area (TPSA) is 34.1 Å². The van der Waals surface area contributed by atoms with E-state index in [9.17, 15) is 0 Å². The first-order chi connectivity index (χ1) is 10.2. The van der Waals surface area contributed by atoms with Gasteiger partial charge in [-0.2, -0.15) is 0 Å². The minimum atomic E-state index is 0.0489. The average molecular weight is 357 g/mol. The second kappa shape index (κ2) is 7.25. The van der Waals surface area contributed by atoms with Crippen LogP contribution in [-0.2, 0) is 9.47 Å². The number of allylic oxidation sites excluding steroid dienone is 1. The van der Waals surface area contributed by atoms with Gasteiger partial charge in [-0.25, -0.2) is 0 Å². The van der Waals surface area contributed by atoms with Gasteiger partial charge < -0.3 is 14.4 Å². The molecule has 0 aromatic carbocycles. The number of ether oxygens (including phenoxy) is 2. The van der Waals surface area contributed by atoms with Gasteiger partial charge in [-0.3, -0.25) is 4.99 Å². The standard InChI is InChI=1S/C16H25BrN2O2/c1-12-18-10-13(17)11-19(12)14-5-7-15(8-6-14)21-16-4-2-3-9-20-16/h10-12,14-16H,2-9H2,1H3. The maximum absolute atomic E-state index is 6.12. The molecule has 1 saturated heterocycles. The Morgan fingerprint density at radius 1 is 1.24 bits per heavy atom. The summed E-state index contributed by atoms with van der Waals surface area (Å²) >= 11 is 3.53. The fraction of sp³-hybridized carbons (Fsp3) is 0.812. The Kier molecular flexibility index (Phi) is 5.35. The summed E-state index contributed by atoms with van der Waals surface area (Å²) in [6, 6.07) is 0.581. The molecule has 21 heavy (non-hydrogen) atoms. The van der Waals surface area contributed by atoms with Crippen LogP contribution in [0.4, 0.5) is 0 Å². The zero-order valence-electron chi connectivity index (χ0n) is 12.7. The first kappa shape index (κ1) is 15.5. The molecule has 3 aliphatic rings. The Balaban J connectivity index is 1.47. The van der Waals surface area contributed by atoms with Gasteiger partial charge in [-0.05, 0) is 67.8 Å². The molecule has 2 fully saturated rings. The summed E-state index contributed by atoms with van der Waals surface area (Å²) in [6.07, 6.45) is 12.8. The van der Waals surface area contributed by atoms with Gasteiger partial charge in [0.25, 0.3) is 0 Å². The molecule has 1 saturated carbocycles. The summed E-state index contributed by atoms with van der Waals surface area (Å²) < 4.78 is 12.9. The zero-order chi connectivity index (χ0) is 14.7. The summed E-state index contributed by atoms with van der Waals surface area (Å²) in [6.45, 7) is 3.02. The van der Waals surface area contributed by atoms with Crippen LogP contribution in [0.5, 0.6) is 0 Å². The van der Waals surface area contributed by atoms with Crippen molar-refractivity contribution < 1.29 is 9.47 Å². The van der Waals surface area contributed by atoms with Gasteiger partial charge >= 0.3 is 0 Å². The van der Waals surface area contributed by atoms with Crippen molar-refractivity contribution in [3.05, 3.63) is 10.7 Å². The summed E-state index contributed by atoms with van der Waals surface area (Å²) in [7, 11) is 0. The quantitative estimate of drug-likeness (QED) is 0.770. The molecule has 0 bridgehead atoms. The van der Waals surface area contributed by atoms with E-state index in [1.54, 1.807) is 0 Å². The molecule has 0 spiro atoms. The van der Waals surface area contributed by atoms with E-state index in [2.05, 4.69) is 38.9 Å². The van der Waals surface area contributed by atoms with Crippen LogP contribution in [0.2, 0.25) is 0 Å². The normalized spacial score (nSPS) is 37.4. The molecule has 2 unspecified atom stereocenters. The van der Waals surface area contributed by atoms with E-state index in [0.29, 0.717) is 12.1 Å². The van der Waals surface area contributed by atoms with Crippen molar-refractivity contribution in [2.24, 2.45) is 4.99 Å². The first-order valence-electron chi connectivity index (χ1n) is 8.17. The molecule has 0 radical (unpaired) electrons. The fourth-order valence-electron chi connectivity index (χ4n) is 3.46. The Hall–Kier alpha value is -0.390. The van der Waals surface area contributed by atoms with Crippen molar-refractivity contribution in [2.75, 3.05) is 6.61 Å². The molecule has 118 valence electrons. The van der Waals surface area contributed by atoms with Gasteiger partial charge in [0.05, 0.1) is 10.6 Å². The Bertz CT molecular complexity index is 399. The van der Waals surface area contributed by atoms with E-state index in [1.165, 1.54) is 25.7 Å². The highest BCUT2D eigenvalue weighted by molar-refractivity contribution is 9.12. The van der Waals surface area contributed by atoms with Gasteiger partial charge in [-0.1, -0.05) is 0 Å². The smallest absolute Gasteiger partial charge is 0.157 e. The van der Waals surface area contributed by atoms with Crippen LogP contribution < -0.4 is 0 Å². The van der Waals surface area contributed by atoms with Gasteiger partial charge in [0, 0.05) is 25.1 Å². The minimum absolute atomic E-state index is 0.0489. The number of hydrogen-bond donors (Lipinski definition) is 0. The summed E-state index contributed by atoms with van der Waals surface area (Å²) in [5.41, 5.74) is 0. The van der Waals surface area contributed by atoms with E-state index >= 15 is 0 Å². The van der Waals surface area contributed by atoms with Gasteiger partial charge in [-0.15, -0.1) is 0 Å². The average Bonchev–Trinajstić information content (AvgIpc) is 2.52.